The topological polar surface area (TPSA) is 88.8 Å². The SMILES string of the molecule is CC(=O)Nc1cc(-c2cccc(N3CCCC3)n2)nc(-n2nc(C)cc2C)n1. The molecule has 8 heteroatoms. The van der Waals surface area contributed by atoms with Crippen LogP contribution in [0.25, 0.3) is 17.3 Å². The number of amides is 1. The molecule has 4 rings (SSSR count). The normalized spacial score (nSPS) is 13.8. The summed E-state index contributed by atoms with van der Waals surface area (Å²) in [7, 11) is 0. The van der Waals surface area contributed by atoms with Crippen molar-refractivity contribution in [3.05, 3.63) is 41.7 Å². The van der Waals surface area contributed by atoms with E-state index < -0.39 is 0 Å². The smallest absolute Gasteiger partial charge is 0.253 e. The molecule has 1 aliphatic rings. The lowest BCUT2D eigenvalue weighted by Gasteiger charge is -2.17. The van der Waals surface area contributed by atoms with E-state index in [0.717, 1.165) is 36.0 Å². The van der Waals surface area contributed by atoms with E-state index >= 15 is 0 Å². The van der Waals surface area contributed by atoms with Gasteiger partial charge >= 0.3 is 0 Å². The molecule has 0 atom stereocenters. The van der Waals surface area contributed by atoms with Crippen LogP contribution in [0.3, 0.4) is 0 Å². The minimum atomic E-state index is -0.192. The Morgan fingerprint density at radius 2 is 1.82 bits per heavy atom. The van der Waals surface area contributed by atoms with Gasteiger partial charge in [-0.2, -0.15) is 10.1 Å². The van der Waals surface area contributed by atoms with Crippen molar-refractivity contribution in [3.8, 4) is 17.3 Å². The molecule has 28 heavy (non-hydrogen) atoms. The first-order valence-corrected chi connectivity index (χ1v) is 9.42. The van der Waals surface area contributed by atoms with Gasteiger partial charge in [-0.1, -0.05) is 6.07 Å². The van der Waals surface area contributed by atoms with Gasteiger partial charge in [0.15, 0.2) is 0 Å². The van der Waals surface area contributed by atoms with Crippen molar-refractivity contribution in [3.63, 3.8) is 0 Å². The summed E-state index contributed by atoms with van der Waals surface area (Å²) >= 11 is 0. The molecule has 0 bridgehead atoms. The number of carbonyl (C=O) groups excluding carboxylic acids is 1. The first kappa shape index (κ1) is 18.1. The fourth-order valence-corrected chi connectivity index (χ4v) is 3.42. The molecule has 3 aromatic heterocycles. The Balaban J connectivity index is 1.79. The highest BCUT2D eigenvalue weighted by Crippen LogP contribution is 2.24. The van der Waals surface area contributed by atoms with Gasteiger partial charge in [0.2, 0.25) is 5.91 Å². The second-order valence-electron chi connectivity index (χ2n) is 7.03. The van der Waals surface area contributed by atoms with Crippen molar-refractivity contribution in [2.75, 3.05) is 23.3 Å². The summed E-state index contributed by atoms with van der Waals surface area (Å²) < 4.78 is 1.68. The first-order chi connectivity index (χ1) is 13.5. The lowest BCUT2D eigenvalue weighted by Crippen LogP contribution is -2.19. The molecule has 0 radical (unpaired) electrons. The molecule has 1 saturated heterocycles. The van der Waals surface area contributed by atoms with Crippen LogP contribution in [-0.4, -0.2) is 43.7 Å². The zero-order chi connectivity index (χ0) is 19.7. The molecule has 0 aromatic carbocycles. The van der Waals surface area contributed by atoms with E-state index in [1.165, 1.54) is 19.8 Å². The zero-order valence-corrected chi connectivity index (χ0v) is 16.3. The summed E-state index contributed by atoms with van der Waals surface area (Å²) in [5, 5.41) is 7.22. The quantitative estimate of drug-likeness (QED) is 0.752. The van der Waals surface area contributed by atoms with Gasteiger partial charge < -0.3 is 10.2 Å². The number of nitrogens with zero attached hydrogens (tertiary/aromatic N) is 6. The number of carbonyl (C=O) groups is 1. The van der Waals surface area contributed by atoms with Gasteiger partial charge in [0.1, 0.15) is 11.6 Å². The average molecular weight is 377 g/mol. The summed E-state index contributed by atoms with van der Waals surface area (Å²) in [6.07, 6.45) is 2.38. The standard InChI is InChI=1S/C20H23N7O/c1-13-11-14(2)27(25-13)20-23-17(12-18(24-20)21-15(3)28)16-7-6-8-19(22-16)26-9-4-5-10-26/h6-8,11-12H,4-5,9-10H2,1-3H3,(H,21,23,24,28). The maximum atomic E-state index is 11.6. The lowest BCUT2D eigenvalue weighted by molar-refractivity contribution is -0.114. The average Bonchev–Trinajstić information content (AvgIpc) is 3.30. The molecule has 1 fully saturated rings. The highest BCUT2D eigenvalue weighted by molar-refractivity contribution is 5.88. The van der Waals surface area contributed by atoms with Crippen LogP contribution < -0.4 is 10.2 Å². The van der Waals surface area contributed by atoms with Gasteiger partial charge in [-0.05, 0) is 44.9 Å². The number of pyridine rings is 1. The fourth-order valence-electron chi connectivity index (χ4n) is 3.42. The highest BCUT2D eigenvalue weighted by atomic mass is 16.1. The van der Waals surface area contributed by atoms with Crippen LogP contribution >= 0.6 is 0 Å². The van der Waals surface area contributed by atoms with Crippen LogP contribution in [0.2, 0.25) is 0 Å². The minimum absolute atomic E-state index is 0.192. The third-order valence-electron chi connectivity index (χ3n) is 4.64. The molecule has 3 aromatic rings. The Kier molecular flexibility index (Phi) is 4.77. The lowest BCUT2D eigenvalue weighted by atomic mass is 10.2. The van der Waals surface area contributed by atoms with Crippen LogP contribution in [0.1, 0.15) is 31.2 Å². The summed E-state index contributed by atoms with van der Waals surface area (Å²) in [6, 6.07) is 9.63. The molecule has 4 heterocycles. The molecular weight excluding hydrogens is 354 g/mol. The van der Waals surface area contributed by atoms with Gasteiger partial charge in [0, 0.05) is 31.8 Å². The maximum Gasteiger partial charge on any atom is 0.253 e. The number of anilines is 2. The minimum Gasteiger partial charge on any atom is -0.357 e. The van der Waals surface area contributed by atoms with Gasteiger partial charge in [-0.3, -0.25) is 4.79 Å². The van der Waals surface area contributed by atoms with E-state index in [2.05, 4.69) is 25.3 Å². The van der Waals surface area contributed by atoms with E-state index in [9.17, 15) is 4.79 Å². The Morgan fingerprint density at radius 1 is 1.04 bits per heavy atom. The molecular formula is C20H23N7O. The van der Waals surface area contributed by atoms with Gasteiger partial charge in [-0.25, -0.2) is 14.6 Å². The first-order valence-electron chi connectivity index (χ1n) is 9.42. The number of hydrogen-bond acceptors (Lipinski definition) is 6. The predicted octanol–water partition coefficient (Wildman–Crippen LogP) is 2.90. The van der Waals surface area contributed by atoms with E-state index in [1.54, 1.807) is 10.7 Å². The Labute approximate surface area is 163 Å². The van der Waals surface area contributed by atoms with Crippen molar-refractivity contribution in [2.24, 2.45) is 0 Å². The number of rotatable bonds is 4. The molecule has 1 aliphatic heterocycles. The van der Waals surface area contributed by atoms with Gasteiger partial charge in [0.25, 0.3) is 5.95 Å². The van der Waals surface area contributed by atoms with Crippen LogP contribution in [0.15, 0.2) is 30.3 Å². The summed E-state index contributed by atoms with van der Waals surface area (Å²) in [4.78, 5) is 27.8. The van der Waals surface area contributed by atoms with Crippen molar-refractivity contribution in [2.45, 2.75) is 33.6 Å². The number of nitrogens with one attached hydrogen (secondary N) is 1. The highest BCUT2D eigenvalue weighted by Gasteiger charge is 2.16. The summed E-state index contributed by atoms with van der Waals surface area (Å²) in [5.41, 5.74) is 3.17. The van der Waals surface area contributed by atoms with Gasteiger partial charge in [-0.15, -0.1) is 0 Å². The second kappa shape index (κ2) is 7.38. The van der Waals surface area contributed by atoms with Crippen LogP contribution in [0.4, 0.5) is 11.6 Å². The molecule has 8 nitrogen and oxygen atoms in total. The monoisotopic (exact) mass is 377 g/mol. The van der Waals surface area contributed by atoms with E-state index in [4.69, 9.17) is 4.98 Å². The molecule has 0 saturated carbocycles. The zero-order valence-electron chi connectivity index (χ0n) is 16.3. The molecule has 0 unspecified atom stereocenters. The van der Waals surface area contributed by atoms with Crippen molar-refractivity contribution >= 4 is 17.5 Å². The van der Waals surface area contributed by atoms with E-state index in [1.807, 2.05) is 38.1 Å². The largest absolute Gasteiger partial charge is 0.357 e. The van der Waals surface area contributed by atoms with E-state index in [0.29, 0.717) is 17.5 Å². The van der Waals surface area contributed by atoms with Gasteiger partial charge in [0.05, 0.1) is 17.1 Å². The van der Waals surface area contributed by atoms with E-state index in [-0.39, 0.29) is 5.91 Å². The Hall–Kier alpha value is -3.29. The van der Waals surface area contributed by atoms with Crippen molar-refractivity contribution in [1.29, 1.82) is 0 Å². The van der Waals surface area contributed by atoms with Crippen LogP contribution in [0.5, 0.6) is 0 Å². The van der Waals surface area contributed by atoms with Crippen molar-refractivity contribution < 1.29 is 4.79 Å². The predicted molar refractivity (Wildman–Crippen MR) is 108 cm³/mol. The molecule has 144 valence electrons. The maximum absolute atomic E-state index is 11.6. The summed E-state index contributed by atoms with van der Waals surface area (Å²) in [5.74, 6) is 1.58. The number of hydrogen-bond donors (Lipinski definition) is 1. The third kappa shape index (κ3) is 3.71. The Bertz CT molecular complexity index is 1020. The summed E-state index contributed by atoms with van der Waals surface area (Å²) in [6.45, 7) is 7.36. The Morgan fingerprint density at radius 3 is 2.50 bits per heavy atom. The van der Waals surface area contributed by atoms with Crippen LogP contribution in [0, 0.1) is 13.8 Å². The third-order valence-corrected chi connectivity index (χ3v) is 4.64. The second-order valence-corrected chi connectivity index (χ2v) is 7.03. The number of aromatic nitrogens is 5. The molecule has 1 N–H and O–H groups in total. The molecule has 0 aliphatic carbocycles. The molecule has 1 amide bonds. The molecule has 0 spiro atoms. The van der Waals surface area contributed by atoms with Crippen LogP contribution in [-0.2, 0) is 4.79 Å². The fraction of sp³-hybridized carbons (Fsp3) is 0.350. The van der Waals surface area contributed by atoms with Crippen molar-refractivity contribution in [1.82, 2.24) is 24.7 Å². The number of aryl methyl sites for hydroxylation is 2.